The molecule has 0 bridgehead atoms. The van der Waals surface area contributed by atoms with Gasteiger partial charge in [-0.05, 0) is 42.8 Å². The molecule has 6 nitrogen and oxygen atoms in total. The first-order valence-electron chi connectivity index (χ1n) is 7.02. The summed E-state index contributed by atoms with van der Waals surface area (Å²) in [6.45, 7) is 1.96. The van der Waals surface area contributed by atoms with Crippen molar-refractivity contribution in [2.45, 2.75) is 6.92 Å². The Kier molecular flexibility index (Phi) is 3.80. The SMILES string of the molecule is COC(=O)c1ccc(NC(=O)n2ncc3ccc(C)cc32)cc1. The Bertz CT molecular complexity index is 882. The van der Waals surface area contributed by atoms with Gasteiger partial charge < -0.3 is 10.1 Å². The van der Waals surface area contributed by atoms with E-state index in [0.29, 0.717) is 11.3 Å². The first-order valence-corrected chi connectivity index (χ1v) is 7.02. The highest BCUT2D eigenvalue weighted by Crippen LogP contribution is 2.16. The van der Waals surface area contributed by atoms with Crippen LogP contribution in [0.1, 0.15) is 15.9 Å². The molecule has 0 aliphatic heterocycles. The molecular weight excluding hydrogens is 294 g/mol. The molecule has 23 heavy (non-hydrogen) atoms. The van der Waals surface area contributed by atoms with Gasteiger partial charge in [-0.25, -0.2) is 9.59 Å². The minimum atomic E-state index is -0.420. The number of aryl methyl sites for hydroxylation is 1. The molecule has 6 heteroatoms. The maximum absolute atomic E-state index is 12.4. The zero-order valence-corrected chi connectivity index (χ0v) is 12.7. The third-order valence-corrected chi connectivity index (χ3v) is 3.48. The molecule has 0 fully saturated rings. The fourth-order valence-electron chi connectivity index (χ4n) is 2.27. The van der Waals surface area contributed by atoms with Gasteiger partial charge in [0, 0.05) is 11.1 Å². The summed E-state index contributed by atoms with van der Waals surface area (Å²) in [5, 5.41) is 7.77. The van der Waals surface area contributed by atoms with E-state index >= 15 is 0 Å². The summed E-state index contributed by atoms with van der Waals surface area (Å²) in [7, 11) is 1.32. The number of ether oxygens (including phenoxy) is 1. The Labute approximate surface area is 132 Å². The fourth-order valence-corrected chi connectivity index (χ4v) is 2.27. The average Bonchev–Trinajstić information content (AvgIpc) is 2.98. The van der Waals surface area contributed by atoms with E-state index < -0.39 is 5.97 Å². The predicted octanol–water partition coefficient (Wildman–Crippen LogP) is 3.21. The third-order valence-electron chi connectivity index (χ3n) is 3.48. The van der Waals surface area contributed by atoms with Gasteiger partial charge in [0.25, 0.3) is 0 Å². The van der Waals surface area contributed by atoms with Crippen LogP contribution >= 0.6 is 0 Å². The van der Waals surface area contributed by atoms with Crippen LogP contribution in [0, 0.1) is 6.92 Å². The zero-order valence-electron chi connectivity index (χ0n) is 12.7. The number of benzene rings is 2. The molecular formula is C17H15N3O3. The molecule has 116 valence electrons. The van der Waals surface area contributed by atoms with Gasteiger partial charge in [-0.2, -0.15) is 9.78 Å². The molecule has 0 radical (unpaired) electrons. The Morgan fingerprint density at radius 3 is 2.57 bits per heavy atom. The van der Waals surface area contributed by atoms with Gasteiger partial charge in [0.15, 0.2) is 0 Å². The van der Waals surface area contributed by atoms with E-state index in [4.69, 9.17) is 0 Å². The quantitative estimate of drug-likeness (QED) is 0.738. The number of amides is 1. The molecule has 0 saturated carbocycles. The smallest absolute Gasteiger partial charge is 0.347 e. The highest BCUT2D eigenvalue weighted by atomic mass is 16.5. The van der Waals surface area contributed by atoms with Crippen molar-refractivity contribution < 1.29 is 14.3 Å². The summed E-state index contributed by atoms with van der Waals surface area (Å²) >= 11 is 0. The molecule has 0 saturated heterocycles. The van der Waals surface area contributed by atoms with Crippen molar-refractivity contribution in [1.29, 1.82) is 0 Å². The molecule has 3 rings (SSSR count). The van der Waals surface area contributed by atoms with Crippen molar-refractivity contribution in [2.24, 2.45) is 0 Å². The van der Waals surface area contributed by atoms with Gasteiger partial charge in [0.1, 0.15) is 0 Å². The van der Waals surface area contributed by atoms with Crippen molar-refractivity contribution in [3.05, 3.63) is 59.8 Å². The lowest BCUT2D eigenvalue weighted by atomic mass is 10.2. The first-order chi connectivity index (χ1) is 11.1. The second-order valence-electron chi connectivity index (χ2n) is 5.12. The van der Waals surface area contributed by atoms with E-state index in [1.165, 1.54) is 11.8 Å². The molecule has 1 N–H and O–H groups in total. The van der Waals surface area contributed by atoms with Gasteiger partial charge in [0.05, 0.1) is 24.4 Å². The number of carbonyl (C=O) groups is 2. The fraction of sp³-hybridized carbons (Fsp3) is 0.118. The summed E-state index contributed by atoms with van der Waals surface area (Å²) in [5.41, 5.74) is 2.78. The molecule has 1 amide bonds. The molecule has 0 unspecified atom stereocenters. The van der Waals surface area contributed by atoms with Crippen LogP contribution in [0.25, 0.3) is 10.9 Å². The second-order valence-corrected chi connectivity index (χ2v) is 5.12. The second kappa shape index (κ2) is 5.92. The summed E-state index contributed by atoms with van der Waals surface area (Å²) < 4.78 is 5.95. The number of fused-ring (bicyclic) bond motifs is 1. The molecule has 0 atom stereocenters. The number of rotatable bonds is 2. The van der Waals surface area contributed by atoms with E-state index in [9.17, 15) is 9.59 Å². The number of nitrogens with one attached hydrogen (secondary N) is 1. The summed E-state index contributed by atoms with van der Waals surface area (Å²) in [6, 6.07) is 11.9. The van der Waals surface area contributed by atoms with Gasteiger partial charge >= 0.3 is 12.0 Å². The van der Waals surface area contributed by atoms with Crippen LogP contribution in [0.15, 0.2) is 48.7 Å². The van der Waals surface area contributed by atoms with Crippen molar-refractivity contribution in [3.8, 4) is 0 Å². The van der Waals surface area contributed by atoms with Crippen LogP contribution in [-0.2, 0) is 4.74 Å². The molecule has 3 aromatic rings. The van der Waals surface area contributed by atoms with Crippen LogP contribution in [0.3, 0.4) is 0 Å². The standard InChI is InChI=1S/C17H15N3O3/c1-11-3-4-13-10-18-20(15(13)9-11)17(22)19-14-7-5-12(6-8-14)16(21)23-2/h3-10H,1-2H3,(H,19,22). The molecule has 1 aromatic heterocycles. The lowest BCUT2D eigenvalue weighted by Crippen LogP contribution is -2.20. The van der Waals surface area contributed by atoms with E-state index in [1.807, 2.05) is 25.1 Å². The van der Waals surface area contributed by atoms with Crippen molar-refractivity contribution in [3.63, 3.8) is 0 Å². The maximum atomic E-state index is 12.4. The number of esters is 1. The molecule has 0 spiro atoms. The maximum Gasteiger partial charge on any atom is 0.347 e. The topological polar surface area (TPSA) is 73.2 Å². The largest absolute Gasteiger partial charge is 0.465 e. The van der Waals surface area contributed by atoms with Gasteiger partial charge in [-0.3, -0.25) is 0 Å². The van der Waals surface area contributed by atoms with E-state index in [0.717, 1.165) is 16.5 Å². The Morgan fingerprint density at radius 2 is 1.87 bits per heavy atom. The summed E-state index contributed by atoms with van der Waals surface area (Å²) in [6.07, 6.45) is 1.65. The summed E-state index contributed by atoms with van der Waals surface area (Å²) in [5.74, 6) is -0.420. The summed E-state index contributed by atoms with van der Waals surface area (Å²) in [4.78, 5) is 23.8. The van der Waals surface area contributed by atoms with Crippen molar-refractivity contribution in [1.82, 2.24) is 9.78 Å². The molecule has 0 aliphatic carbocycles. The number of methoxy groups -OCH3 is 1. The van der Waals surface area contributed by atoms with Crippen LogP contribution < -0.4 is 5.32 Å². The van der Waals surface area contributed by atoms with E-state index in [1.54, 1.807) is 30.5 Å². The van der Waals surface area contributed by atoms with Crippen molar-refractivity contribution in [2.75, 3.05) is 12.4 Å². The lowest BCUT2D eigenvalue weighted by molar-refractivity contribution is 0.0601. The predicted molar refractivity (Wildman–Crippen MR) is 86.7 cm³/mol. The number of hydrogen-bond acceptors (Lipinski definition) is 4. The minimum Gasteiger partial charge on any atom is -0.465 e. The lowest BCUT2D eigenvalue weighted by Gasteiger charge is -2.07. The molecule has 0 aliphatic rings. The van der Waals surface area contributed by atoms with Crippen LogP contribution in [0.4, 0.5) is 10.5 Å². The van der Waals surface area contributed by atoms with Crippen LogP contribution in [-0.4, -0.2) is 28.9 Å². The van der Waals surface area contributed by atoms with Gasteiger partial charge in [-0.15, -0.1) is 0 Å². The third kappa shape index (κ3) is 2.91. The van der Waals surface area contributed by atoms with Gasteiger partial charge in [0.2, 0.25) is 0 Å². The molecule has 2 aromatic carbocycles. The average molecular weight is 309 g/mol. The van der Waals surface area contributed by atoms with E-state index in [2.05, 4.69) is 15.2 Å². The highest BCUT2D eigenvalue weighted by Gasteiger charge is 2.11. The van der Waals surface area contributed by atoms with Gasteiger partial charge in [-0.1, -0.05) is 12.1 Å². The highest BCUT2D eigenvalue weighted by molar-refractivity contribution is 5.97. The Morgan fingerprint density at radius 1 is 1.13 bits per heavy atom. The Balaban J connectivity index is 1.83. The van der Waals surface area contributed by atoms with E-state index in [-0.39, 0.29) is 6.03 Å². The number of anilines is 1. The minimum absolute atomic E-state index is 0.364. The van der Waals surface area contributed by atoms with Crippen LogP contribution in [0.2, 0.25) is 0 Å². The number of aromatic nitrogens is 2. The normalized spacial score (nSPS) is 10.5. The first kappa shape index (κ1) is 14.8. The van der Waals surface area contributed by atoms with Crippen molar-refractivity contribution >= 4 is 28.6 Å². The Hall–Kier alpha value is -3.15. The zero-order chi connectivity index (χ0) is 16.4. The molecule has 1 heterocycles. The monoisotopic (exact) mass is 309 g/mol. The number of nitrogens with zero attached hydrogens (tertiary/aromatic N) is 2. The number of carbonyl (C=O) groups excluding carboxylic acids is 2. The number of hydrogen-bond donors (Lipinski definition) is 1. The van der Waals surface area contributed by atoms with Crippen LogP contribution in [0.5, 0.6) is 0 Å².